The van der Waals surface area contributed by atoms with Gasteiger partial charge in [0.15, 0.2) is 0 Å². The fourth-order valence-corrected chi connectivity index (χ4v) is 17.9. The molecular formula is C72H95N3O4. The smallest absolute Gasteiger partial charge is 0.122 e. The minimum absolute atomic E-state index is 0.588. The molecule has 79 heavy (non-hydrogen) atoms. The zero-order valence-electron chi connectivity index (χ0n) is 49.0. The van der Waals surface area contributed by atoms with Crippen LogP contribution in [0.15, 0.2) is 109 Å². The molecule has 0 aromatic heterocycles. The van der Waals surface area contributed by atoms with Crippen LogP contribution in [0.5, 0.6) is 23.0 Å². The van der Waals surface area contributed by atoms with Crippen LogP contribution < -0.4 is 18.9 Å². The van der Waals surface area contributed by atoms with Crippen molar-refractivity contribution in [3.05, 3.63) is 131 Å². The van der Waals surface area contributed by atoms with Crippen LogP contribution >= 0.6 is 0 Å². The van der Waals surface area contributed by atoms with Crippen LogP contribution in [-0.2, 0) is 0 Å². The summed E-state index contributed by atoms with van der Waals surface area (Å²) in [5.41, 5.74) is 10.7. The van der Waals surface area contributed by atoms with E-state index in [0.717, 1.165) is 83.2 Å². The molecule has 9 atom stereocenters. The standard InChI is InChI=1S/C26H33NO2.C26H33NO.C20H29NO/c1-28-23-5-3-4-20(16-23)21-8-9-26(29-2)24(17-21)19-10-12-27(13-11-19)25-15-18-6-7-22(25)14-18;1-18-5-3-4-6-23(18)21-9-10-26(28-2)24(17-21)20-11-13-27(14-12-20)25-16-19-7-8-22(25)15-19;1-2-22-20-6-4-3-5-18(20)16-9-11-21(12-10-16)19-14-15-7-8-17(19)13-15/h3-5,8-9,16-19,22,25H,6-7,10-15H2,1-2H3;3-6,9-10,17,19-20,22,25H,7-8,11-16H2,1-2H3;3-6,15-17,19H,2,7-14H2,1H3/t18-,22-,25-;19-,22-,25-;15-,17-,19-/m000/s1. The van der Waals surface area contributed by atoms with Crippen molar-refractivity contribution < 1.29 is 18.9 Å². The molecule has 0 N–H and O–H groups in total. The third-order valence-electron chi connectivity index (χ3n) is 22.0. The van der Waals surface area contributed by atoms with Gasteiger partial charge in [-0.1, -0.05) is 86.0 Å². The van der Waals surface area contributed by atoms with Crippen LogP contribution in [0.1, 0.15) is 163 Å². The van der Waals surface area contributed by atoms with Crippen molar-refractivity contribution in [1.82, 2.24) is 14.7 Å². The zero-order valence-corrected chi connectivity index (χ0v) is 49.0. The second-order valence-electron chi connectivity index (χ2n) is 26.1. The Morgan fingerprint density at radius 2 is 0.848 bits per heavy atom. The third kappa shape index (κ3) is 12.1. The summed E-state index contributed by atoms with van der Waals surface area (Å²) in [4.78, 5) is 8.47. The summed E-state index contributed by atoms with van der Waals surface area (Å²) < 4.78 is 22.8. The quantitative estimate of drug-likeness (QED) is 0.116. The summed E-state index contributed by atoms with van der Waals surface area (Å²) >= 11 is 0. The van der Waals surface area contributed by atoms with Gasteiger partial charge in [0.05, 0.1) is 27.9 Å². The van der Waals surface area contributed by atoms with E-state index in [1.54, 1.807) is 14.2 Å². The number of likely N-dealkylation sites (tertiary alicyclic amines) is 3. The predicted octanol–water partition coefficient (Wildman–Crippen LogP) is 16.2. The second-order valence-corrected chi connectivity index (χ2v) is 26.1. The highest BCUT2D eigenvalue weighted by molar-refractivity contribution is 5.70. The topological polar surface area (TPSA) is 46.6 Å². The number of ether oxygens (including phenoxy) is 4. The van der Waals surface area contributed by atoms with Crippen LogP contribution in [0.4, 0.5) is 0 Å². The normalized spacial score (nSPS) is 29.0. The first-order valence-electron chi connectivity index (χ1n) is 31.8. The van der Waals surface area contributed by atoms with E-state index in [1.165, 1.54) is 199 Å². The fourth-order valence-electron chi connectivity index (χ4n) is 17.9. The fraction of sp³-hybridized carbons (Fsp3) is 0.583. The second kappa shape index (κ2) is 25.1. The average Bonchev–Trinajstić information content (AvgIpc) is 4.44. The molecule has 7 nitrogen and oxygen atoms in total. The van der Waals surface area contributed by atoms with Gasteiger partial charge in [-0.25, -0.2) is 0 Å². The van der Waals surface area contributed by atoms with Gasteiger partial charge in [0.25, 0.3) is 0 Å². The number of piperidine rings is 3. The molecule has 9 fully saturated rings. The molecule has 5 aromatic rings. The Balaban J connectivity index is 0.000000119. The van der Waals surface area contributed by atoms with E-state index in [0.29, 0.717) is 17.8 Å². The Labute approximate surface area is 476 Å². The number of methoxy groups -OCH3 is 3. The summed E-state index contributed by atoms with van der Waals surface area (Å²) in [6, 6.07) is 41.9. The van der Waals surface area contributed by atoms with E-state index < -0.39 is 0 Å². The van der Waals surface area contributed by atoms with Gasteiger partial charge >= 0.3 is 0 Å². The van der Waals surface area contributed by atoms with Crippen molar-refractivity contribution in [3.8, 4) is 45.3 Å². The van der Waals surface area contributed by atoms with Crippen LogP contribution in [0, 0.1) is 42.4 Å². The predicted molar refractivity (Wildman–Crippen MR) is 324 cm³/mol. The molecule has 6 saturated carbocycles. The number of rotatable bonds is 13. The number of hydrogen-bond donors (Lipinski definition) is 0. The lowest BCUT2D eigenvalue weighted by atomic mass is 9.85. The molecule has 3 aliphatic heterocycles. The van der Waals surface area contributed by atoms with E-state index in [-0.39, 0.29) is 0 Å². The maximum atomic E-state index is 5.84. The van der Waals surface area contributed by atoms with Gasteiger partial charge in [0, 0.05) is 18.1 Å². The van der Waals surface area contributed by atoms with Crippen molar-refractivity contribution in [2.24, 2.45) is 35.5 Å². The van der Waals surface area contributed by atoms with Gasteiger partial charge in [-0.05, 0) is 290 Å². The minimum Gasteiger partial charge on any atom is -0.497 e. The van der Waals surface area contributed by atoms with Gasteiger partial charge in [-0.2, -0.15) is 0 Å². The third-order valence-corrected chi connectivity index (χ3v) is 22.0. The average molecular weight is 1070 g/mol. The first kappa shape index (κ1) is 54.8. The summed E-state index contributed by atoms with van der Waals surface area (Å²) in [7, 11) is 5.34. The zero-order chi connectivity index (χ0) is 53.8. The van der Waals surface area contributed by atoms with Gasteiger partial charge in [-0.15, -0.1) is 0 Å². The number of para-hydroxylation sites is 1. The molecule has 0 unspecified atom stereocenters. The molecule has 14 rings (SSSR count). The van der Waals surface area contributed by atoms with Crippen molar-refractivity contribution in [2.75, 3.05) is 67.2 Å². The maximum absolute atomic E-state index is 5.84. The van der Waals surface area contributed by atoms with E-state index in [9.17, 15) is 0 Å². The molecule has 5 aromatic carbocycles. The maximum Gasteiger partial charge on any atom is 0.122 e. The Morgan fingerprint density at radius 3 is 1.30 bits per heavy atom. The lowest BCUT2D eigenvalue weighted by Crippen LogP contribution is -2.43. The molecule has 6 aliphatic carbocycles. The van der Waals surface area contributed by atoms with Gasteiger partial charge in [0.2, 0.25) is 0 Å². The van der Waals surface area contributed by atoms with Gasteiger partial charge < -0.3 is 33.6 Å². The summed E-state index contributed by atoms with van der Waals surface area (Å²) in [5.74, 6) is 12.2. The van der Waals surface area contributed by atoms with E-state index in [2.05, 4.69) is 132 Å². The van der Waals surface area contributed by atoms with Crippen LogP contribution in [0.3, 0.4) is 0 Å². The summed E-state index contributed by atoms with van der Waals surface area (Å²) in [6.07, 6.45) is 25.6. The highest BCUT2D eigenvalue weighted by atomic mass is 16.5. The molecule has 3 saturated heterocycles. The summed E-state index contributed by atoms with van der Waals surface area (Å²) in [5, 5.41) is 0. The SMILES string of the molecule is CCOc1ccccc1C1CCN([C@H]2C[C@H]3CC[C@H]2C3)CC1.COc1ccc(-c2ccccc2C)cc1C1CCN([C@H]2C[C@H]3CC[C@H]2C3)CC1.COc1cccc(-c2ccc(OC)c(C3CCN([C@H]4C[C@H]5CC[C@H]4C5)CC3)c2)c1. The van der Waals surface area contributed by atoms with Crippen molar-refractivity contribution >= 4 is 0 Å². The summed E-state index contributed by atoms with van der Waals surface area (Å²) in [6.45, 7) is 12.6. The highest BCUT2D eigenvalue weighted by Gasteiger charge is 2.45. The Hall–Kier alpha value is -4.82. The first-order valence-corrected chi connectivity index (χ1v) is 31.8. The first-order chi connectivity index (χ1) is 38.8. The van der Waals surface area contributed by atoms with E-state index in [4.69, 9.17) is 18.9 Å². The molecular weight excluding hydrogens is 971 g/mol. The lowest BCUT2D eigenvalue weighted by Gasteiger charge is -2.40. The molecule has 9 aliphatic rings. The largest absolute Gasteiger partial charge is 0.497 e. The molecule has 7 heteroatoms. The van der Waals surface area contributed by atoms with Crippen molar-refractivity contribution in [2.45, 2.75) is 165 Å². The van der Waals surface area contributed by atoms with Crippen LogP contribution in [0.2, 0.25) is 0 Å². The molecule has 0 radical (unpaired) electrons. The van der Waals surface area contributed by atoms with Crippen LogP contribution in [0.25, 0.3) is 22.3 Å². The number of aryl methyl sites for hydroxylation is 1. The number of hydrogen-bond acceptors (Lipinski definition) is 7. The van der Waals surface area contributed by atoms with Gasteiger partial charge in [0.1, 0.15) is 23.0 Å². The molecule has 0 spiro atoms. The molecule has 3 heterocycles. The number of fused-ring (bicyclic) bond motifs is 6. The monoisotopic (exact) mass is 1070 g/mol. The van der Waals surface area contributed by atoms with Crippen molar-refractivity contribution in [1.29, 1.82) is 0 Å². The Morgan fingerprint density at radius 1 is 0.392 bits per heavy atom. The molecule has 0 amide bonds. The molecule has 422 valence electrons. The lowest BCUT2D eigenvalue weighted by molar-refractivity contribution is 0.110. The van der Waals surface area contributed by atoms with E-state index >= 15 is 0 Å². The highest BCUT2D eigenvalue weighted by Crippen LogP contribution is 2.51. The van der Waals surface area contributed by atoms with Crippen LogP contribution in [-0.4, -0.2) is 100 Å². The molecule has 6 bridgehead atoms. The Kier molecular flexibility index (Phi) is 17.4. The van der Waals surface area contributed by atoms with Crippen molar-refractivity contribution in [3.63, 3.8) is 0 Å². The number of nitrogens with zero attached hydrogens (tertiary/aromatic N) is 3. The Bertz CT molecular complexity index is 2790. The van der Waals surface area contributed by atoms with Gasteiger partial charge in [-0.3, -0.25) is 0 Å². The van der Waals surface area contributed by atoms with E-state index in [1.807, 2.05) is 13.2 Å². The number of benzene rings is 5. The minimum atomic E-state index is 0.588.